The number of benzene rings is 1. The van der Waals surface area contributed by atoms with Gasteiger partial charge in [0.25, 0.3) is 0 Å². The predicted octanol–water partition coefficient (Wildman–Crippen LogP) is 1.67. The van der Waals surface area contributed by atoms with Gasteiger partial charge in [0, 0.05) is 28.9 Å². The Bertz CT molecular complexity index is 492. The fourth-order valence-electron chi connectivity index (χ4n) is 1.99. The van der Waals surface area contributed by atoms with Crippen molar-refractivity contribution in [2.75, 3.05) is 26.7 Å². The van der Waals surface area contributed by atoms with E-state index in [-0.39, 0.29) is 12.0 Å². The quantitative estimate of drug-likeness (QED) is 0.776. The van der Waals surface area contributed by atoms with Crippen molar-refractivity contribution < 1.29 is 18.4 Å². The molecule has 1 aliphatic heterocycles. The van der Waals surface area contributed by atoms with Crippen molar-refractivity contribution in [1.82, 2.24) is 5.32 Å². The largest absolute Gasteiger partial charge is 0.493 e. The second kappa shape index (κ2) is 6.95. The van der Waals surface area contributed by atoms with Crippen molar-refractivity contribution in [3.05, 3.63) is 17.7 Å². The van der Waals surface area contributed by atoms with Gasteiger partial charge in [-0.2, -0.15) is 0 Å². The van der Waals surface area contributed by atoms with Crippen LogP contribution in [0.15, 0.2) is 12.1 Å². The standard InChI is InChI=1S/C14H21NO4S/c1-10(20(3)16)4-5-15-8-11-6-12(17-2)14-13(7-11)18-9-19-14/h6-7,10,15H,4-5,8-9H2,1-3H3. The lowest BCUT2D eigenvalue weighted by molar-refractivity contribution is 0.171. The van der Waals surface area contributed by atoms with E-state index in [4.69, 9.17) is 14.2 Å². The first kappa shape index (κ1) is 15.1. The summed E-state index contributed by atoms with van der Waals surface area (Å²) in [4.78, 5) is 0. The van der Waals surface area contributed by atoms with E-state index in [0.29, 0.717) is 11.5 Å². The topological polar surface area (TPSA) is 56.8 Å². The summed E-state index contributed by atoms with van der Waals surface area (Å²) in [5.74, 6) is 2.09. The maximum Gasteiger partial charge on any atom is 0.231 e. The molecule has 1 heterocycles. The third kappa shape index (κ3) is 3.64. The number of rotatable bonds is 7. The number of fused-ring (bicyclic) bond motifs is 1. The molecule has 2 atom stereocenters. The fourth-order valence-corrected chi connectivity index (χ4v) is 2.44. The van der Waals surface area contributed by atoms with E-state index in [0.717, 1.165) is 30.8 Å². The van der Waals surface area contributed by atoms with Crippen molar-refractivity contribution in [3.63, 3.8) is 0 Å². The van der Waals surface area contributed by atoms with E-state index in [1.807, 2.05) is 19.1 Å². The molecule has 0 aliphatic carbocycles. The molecule has 1 aromatic carbocycles. The normalized spacial score (nSPS) is 15.9. The van der Waals surface area contributed by atoms with E-state index < -0.39 is 10.8 Å². The maximum atomic E-state index is 11.3. The van der Waals surface area contributed by atoms with Crippen LogP contribution in [0.4, 0.5) is 0 Å². The molecule has 2 rings (SSSR count). The molecule has 0 radical (unpaired) electrons. The van der Waals surface area contributed by atoms with Gasteiger partial charge in [-0.3, -0.25) is 4.21 Å². The van der Waals surface area contributed by atoms with E-state index in [2.05, 4.69) is 5.32 Å². The molecule has 2 unspecified atom stereocenters. The lowest BCUT2D eigenvalue weighted by atomic mass is 10.2. The molecule has 0 amide bonds. The van der Waals surface area contributed by atoms with Gasteiger partial charge in [0.2, 0.25) is 12.5 Å². The molecule has 1 aromatic rings. The zero-order valence-corrected chi connectivity index (χ0v) is 12.9. The van der Waals surface area contributed by atoms with Crippen LogP contribution in [0.2, 0.25) is 0 Å². The van der Waals surface area contributed by atoms with Crippen LogP contribution < -0.4 is 19.5 Å². The van der Waals surface area contributed by atoms with Crippen LogP contribution in [0.5, 0.6) is 17.2 Å². The van der Waals surface area contributed by atoms with Gasteiger partial charge >= 0.3 is 0 Å². The van der Waals surface area contributed by atoms with Crippen LogP contribution >= 0.6 is 0 Å². The fraction of sp³-hybridized carbons (Fsp3) is 0.571. The number of methoxy groups -OCH3 is 1. The van der Waals surface area contributed by atoms with Crippen molar-refractivity contribution in [3.8, 4) is 17.2 Å². The van der Waals surface area contributed by atoms with Crippen LogP contribution in [0.25, 0.3) is 0 Å². The van der Waals surface area contributed by atoms with E-state index in [1.165, 1.54) is 0 Å². The highest BCUT2D eigenvalue weighted by molar-refractivity contribution is 7.84. The van der Waals surface area contributed by atoms with Crippen LogP contribution in [-0.2, 0) is 17.3 Å². The highest BCUT2D eigenvalue weighted by atomic mass is 32.2. The van der Waals surface area contributed by atoms with Gasteiger partial charge in [-0.15, -0.1) is 0 Å². The van der Waals surface area contributed by atoms with E-state index in [1.54, 1.807) is 13.4 Å². The minimum Gasteiger partial charge on any atom is -0.493 e. The van der Waals surface area contributed by atoms with Gasteiger partial charge in [-0.25, -0.2) is 0 Å². The molecule has 0 saturated carbocycles. The summed E-state index contributed by atoms with van der Waals surface area (Å²) >= 11 is 0. The minimum absolute atomic E-state index is 0.216. The Kier molecular flexibility index (Phi) is 5.25. The summed E-state index contributed by atoms with van der Waals surface area (Å²) < 4.78 is 27.3. The van der Waals surface area contributed by atoms with Crippen LogP contribution in [0.1, 0.15) is 18.9 Å². The highest BCUT2D eigenvalue weighted by Crippen LogP contribution is 2.41. The monoisotopic (exact) mass is 299 g/mol. The summed E-state index contributed by atoms with van der Waals surface area (Å²) in [5.41, 5.74) is 1.08. The Morgan fingerprint density at radius 3 is 2.95 bits per heavy atom. The van der Waals surface area contributed by atoms with E-state index in [9.17, 15) is 4.21 Å². The Labute approximate surface area is 122 Å². The lowest BCUT2D eigenvalue weighted by Crippen LogP contribution is -2.20. The summed E-state index contributed by atoms with van der Waals surface area (Å²) in [6.07, 6.45) is 2.64. The Morgan fingerprint density at radius 2 is 2.25 bits per heavy atom. The first-order chi connectivity index (χ1) is 9.61. The maximum absolute atomic E-state index is 11.3. The van der Waals surface area contributed by atoms with Crippen LogP contribution in [-0.4, -0.2) is 36.2 Å². The molecular formula is C14H21NO4S. The molecule has 6 heteroatoms. The third-order valence-electron chi connectivity index (χ3n) is 3.34. The summed E-state index contributed by atoms with van der Waals surface area (Å²) in [5, 5.41) is 3.56. The molecule has 0 aromatic heterocycles. The molecule has 0 spiro atoms. The highest BCUT2D eigenvalue weighted by Gasteiger charge is 2.19. The summed E-state index contributed by atoms with van der Waals surface area (Å²) in [7, 11) is 0.858. The minimum atomic E-state index is -0.760. The number of hydrogen-bond acceptors (Lipinski definition) is 5. The van der Waals surface area contributed by atoms with Crippen molar-refractivity contribution in [2.45, 2.75) is 25.1 Å². The average Bonchev–Trinajstić information content (AvgIpc) is 2.90. The molecule has 1 N–H and O–H groups in total. The first-order valence-electron chi connectivity index (χ1n) is 6.61. The van der Waals surface area contributed by atoms with Crippen molar-refractivity contribution >= 4 is 10.8 Å². The second-order valence-electron chi connectivity index (χ2n) is 4.81. The van der Waals surface area contributed by atoms with Gasteiger partial charge in [-0.05, 0) is 30.7 Å². The Morgan fingerprint density at radius 1 is 1.45 bits per heavy atom. The zero-order chi connectivity index (χ0) is 14.5. The van der Waals surface area contributed by atoms with Crippen LogP contribution in [0, 0.1) is 0 Å². The zero-order valence-electron chi connectivity index (χ0n) is 12.1. The molecule has 0 saturated heterocycles. The summed E-state index contributed by atoms with van der Waals surface area (Å²) in [6.45, 7) is 3.79. The summed E-state index contributed by atoms with van der Waals surface area (Å²) in [6, 6.07) is 3.90. The lowest BCUT2D eigenvalue weighted by Gasteiger charge is -2.11. The third-order valence-corrected chi connectivity index (χ3v) is 4.71. The number of nitrogens with one attached hydrogen (secondary N) is 1. The SMILES string of the molecule is COc1cc(CNCCC(C)S(C)=O)cc2c1OCO2. The second-order valence-corrected chi connectivity index (χ2v) is 6.61. The number of hydrogen-bond donors (Lipinski definition) is 1. The van der Waals surface area contributed by atoms with E-state index >= 15 is 0 Å². The average molecular weight is 299 g/mol. The van der Waals surface area contributed by atoms with Gasteiger partial charge in [-0.1, -0.05) is 6.92 Å². The molecule has 1 aliphatic rings. The molecule has 0 fully saturated rings. The molecule has 20 heavy (non-hydrogen) atoms. The van der Waals surface area contributed by atoms with Gasteiger partial charge in [0.1, 0.15) is 0 Å². The molecule has 112 valence electrons. The smallest absolute Gasteiger partial charge is 0.231 e. The Balaban J connectivity index is 1.89. The molecular weight excluding hydrogens is 278 g/mol. The van der Waals surface area contributed by atoms with Crippen LogP contribution in [0.3, 0.4) is 0 Å². The van der Waals surface area contributed by atoms with Gasteiger partial charge in [0.05, 0.1) is 7.11 Å². The Hall–Kier alpha value is -1.27. The van der Waals surface area contributed by atoms with Gasteiger partial charge < -0.3 is 19.5 Å². The van der Waals surface area contributed by atoms with Gasteiger partial charge in [0.15, 0.2) is 11.5 Å². The number of ether oxygens (including phenoxy) is 3. The van der Waals surface area contributed by atoms with Crippen molar-refractivity contribution in [1.29, 1.82) is 0 Å². The molecule has 0 bridgehead atoms. The first-order valence-corrected chi connectivity index (χ1v) is 8.23. The van der Waals surface area contributed by atoms with Crippen molar-refractivity contribution in [2.24, 2.45) is 0 Å². The molecule has 5 nitrogen and oxygen atoms in total. The predicted molar refractivity (Wildman–Crippen MR) is 79.0 cm³/mol.